The average Bonchev–Trinajstić information content (AvgIpc) is 2.55. The van der Waals surface area contributed by atoms with Crippen LogP contribution < -0.4 is 5.32 Å². The van der Waals surface area contributed by atoms with Crippen molar-refractivity contribution in [1.29, 1.82) is 0 Å². The van der Waals surface area contributed by atoms with Crippen molar-refractivity contribution in [3.05, 3.63) is 23.9 Å². The Morgan fingerprint density at radius 3 is 2.74 bits per heavy atom. The van der Waals surface area contributed by atoms with E-state index in [0.717, 1.165) is 25.7 Å². The van der Waals surface area contributed by atoms with Crippen molar-refractivity contribution >= 4 is 17.8 Å². The minimum absolute atomic E-state index is 0.0829. The van der Waals surface area contributed by atoms with Crippen LogP contribution in [0.5, 0.6) is 0 Å². The molecule has 0 radical (unpaired) electrons. The van der Waals surface area contributed by atoms with Gasteiger partial charge in [-0.2, -0.15) is 0 Å². The monoisotopic (exact) mass is 321 g/mol. The Morgan fingerprint density at radius 1 is 1.35 bits per heavy atom. The summed E-state index contributed by atoms with van der Waals surface area (Å²) in [5, 5.41) is 20.7. The lowest BCUT2D eigenvalue weighted by atomic mass is 9.91. The number of hydrogen-bond acceptors (Lipinski definition) is 4. The molecule has 23 heavy (non-hydrogen) atoms. The lowest BCUT2D eigenvalue weighted by Crippen LogP contribution is -2.37. The molecule has 126 valence electrons. The molecule has 0 aromatic carbocycles. The minimum Gasteiger partial charge on any atom is -0.465 e. The van der Waals surface area contributed by atoms with E-state index in [1.54, 1.807) is 18.3 Å². The molecule has 2 amide bonds. The second-order valence-corrected chi connectivity index (χ2v) is 5.86. The van der Waals surface area contributed by atoms with Gasteiger partial charge in [-0.05, 0) is 49.3 Å². The number of pyridine rings is 1. The summed E-state index contributed by atoms with van der Waals surface area (Å²) in [6, 6.07) is 3.35. The summed E-state index contributed by atoms with van der Waals surface area (Å²) in [5.41, 5.74) is 0.709. The summed E-state index contributed by atoms with van der Waals surface area (Å²) in [4.78, 5) is 28.2. The van der Waals surface area contributed by atoms with Crippen LogP contribution >= 0.6 is 0 Å². The van der Waals surface area contributed by atoms with Gasteiger partial charge >= 0.3 is 6.09 Å². The zero-order chi connectivity index (χ0) is 16.7. The molecule has 1 aromatic heterocycles. The SMILES string of the molecule is O=C(CCCC1CCN(C(=O)O)CC1)Nc1cc(CO)ccn1. The third-order valence-electron chi connectivity index (χ3n) is 4.18. The molecule has 1 fully saturated rings. The molecule has 1 aromatic rings. The van der Waals surface area contributed by atoms with Crippen molar-refractivity contribution in [2.45, 2.75) is 38.7 Å². The van der Waals surface area contributed by atoms with Gasteiger partial charge in [-0.25, -0.2) is 9.78 Å². The van der Waals surface area contributed by atoms with Gasteiger partial charge in [0.05, 0.1) is 6.61 Å². The fraction of sp³-hybridized carbons (Fsp3) is 0.562. The molecule has 0 atom stereocenters. The van der Waals surface area contributed by atoms with Gasteiger partial charge in [0.1, 0.15) is 5.82 Å². The Hall–Kier alpha value is -2.15. The van der Waals surface area contributed by atoms with Crippen LogP contribution in [0.1, 0.15) is 37.7 Å². The minimum atomic E-state index is -0.847. The average molecular weight is 321 g/mol. The number of nitrogens with one attached hydrogen (secondary N) is 1. The summed E-state index contributed by atoms with van der Waals surface area (Å²) in [6.45, 7) is 1.09. The zero-order valence-electron chi connectivity index (χ0n) is 13.1. The van der Waals surface area contributed by atoms with E-state index >= 15 is 0 Å². The molecule has 7 nitrogen and oxygen atoms in total. The number of amides is 2. The number of hydrogen-bond donors (Lipinski definition) is 3. The van der Waals surface area contributed by atoms with E-state index in [2.05, 4.69) is 10.3 Å². The van der Waals surface area contributed by atoms with Gasteiger partial charge in [0.25, 0.3) is 0 Å². The van der Waals surface area contributed by atoms with E-state index in [1.807, 2.05) is 0 Å². The molecule has 0 saturated carbocycles. The first-order valence-electron chi connectivity index (χ1n) is 7.92. The number of piperidine rings is 1. The van der Waals surface area contributed by atoms with E-state index in [-0.39, 0.29) is 12.5 Å². The number of aliphatic hydroxyl groups excluding tert-OH is 1. The van der Waals surface area contributed by atoms with Crippen LogP contribution in [0, 0.1) is 5.92 Å². The van der Waals surface area contributed by atoms with Gasteiger partial charge in [0.2, 0.25) is 5.91 Å². The number of likely N-dealkylation sites (tertiary alicyclic amines) is 1. The Bertz CT molecular complexity index is 542. The van der Waals surface area contributed by atoms with Crippen molar-refractivity contribution in [1.82, 2.24) is 9.88 Å². The standard InChI is InChI=1S/C16H23N3O4/c20-11-13-4-7-17-14(10-13)18-15(21)3-1-2-12-5-8-19(9-6-12)16(22)23/h4,7,10,12,20H,1-3,5-6,8-9,11H2,(H,22,23)(H,17,18,21). The Kier molecular flexibility index (Phi) is 6.34. The first kappa shape index (κ1) is 17.2. The lowest BCUT2D eigenvalue weighted by Gasteiger charge is -2.29. The molecule has 0 spiro atoms. The van der Waals surface area contributed by atoms with E-state index < -0.39 is 6.09 Å². The van der Waals surface area contributed by atoms with Crippen LogP contribution in [0.15, 0.2) is 18.3 Å². The molecule has 2 rings (SSSR count). The number of anilines is 1. The molecular weight excluding hydrogens is 298 g/mol. The quantitative estimate of drug-likeness (QED) is 0.744. The summed E-state index contributed by atoms with van der Waals surface area (Å²) in [7, 11) is 0. The van der Waals surface area contributed by atoms with E-state index in [9.17, 15) is 9.59 Å². The van der Waals surface area contributed by atoms with Crippen LogP contribution in [0.25, 0.3) is 0 Å². The number of nitrogens with zero attached hydrogens (tertiary/aromatic N) is 2. The van der Waals surface area contributed by atoms with Crippen molar-refractivity contribution in [2.75, 3.05) is 18.4 Å². The van der Waals surface area contributed by atoms with Gasteiger partial charge in [0.15, 0.2) is 0 Å². The molecule has 0 bridgehead atoms. The third kappa shape index (κ3) is 5.52. The van der Waals surface area contributed by atoms with E-state index in [1.165, 1.54) is 4.90 Å². The maximum absolute atomic E-state index is 11.9. The normalized spacial score (nSPS) is 15.4. The molecule has 0 unspecified atom stereocenters. The smallest absolute Gasteiger partial charge is 0.407 e. The van der Waals surface area contributed by atoms with Gasteiger partial charge in [-0.15, -0.1) is 0 Å². The fourth-order valence-electron chi connectivity index (χ4n) is 2.81. The summed E-state index contributed by atoms with van der Waals surface area (Å²) in [6.07, 6.45) is 4.58. The summed E-state index contributed by atoms with van der Waals surface area (Å²) >= 11 is 0. The number of rotatable bonds is 6. The molecule has 2 heterocycles. The number of aromatic nitrogens is 1. The number of carboxylic acid groups (broad SMARTS) is 1. The second-order valence-electron chi connectivity index (χ2n) is 5.86. The summed E-state index contributed by atoms with van der Waals surface area (Å²) < 4.78 is 0. The molecular formula is C16H23N3O4. The van der Waals surface area contributed by atoms with E-state index in [0.29, 0.717) is 36.8 Å². The van der Waals surface area contributed by atoms with Gasteiger partial charge in [-0.3, -0.25) is 4.79 Å². The number of aliphatic hydroxyl groups is 1. The van der Waals surface area contributed by atoms with Crippen molar-refractivity contribution in [3.63, 3.8) is 0 Å². The highest BCUT2D eigenvalue weighted by Crippen LogP contribution is 2.22. The van der Waals surface area contributed by atoms with E-state index in [4.69, 9.17) is 10.2 Å². The van der Waals surface area contributed by atoms with Gasteiger partial charge in [-0.1, -0.05) is 0 Å². The fourth-order valence-corrected chi connectivity index (χ4v) is 2.81. The first-order valence-corrected chi connectivity index (χ1v) is 7.92. The highest BCUT2D eigenvalue weighted by molar-refractivity contribution is 5.89. The maximum atomic E-state index is 11.9. The topological polar surface area (TPSA) is 103 Å². The molecule has 1 aliphatic heterocycles. The van der Waals surface area contributed by atoms with Crippen LogP contribution in [0.4, 0.5) is 10.6 Å². The molecule has 7 heteroatoms. The predicted molar refractivity (Wildman–Crippen MR) is 85.0 cm³/mol. The van der Waals surface area contributed by atoms with Gasteiger partial charge < -0.3 is 20.4 Å². The summed E-state index contributed by atoms with van der Waals surface area (Å²) in [5.74, 6) is 0.862. The van der Waals surface area contributed by atoms with Crippen LogP contribution in [0.3, 0.4) is 0 Å². The van der Waals surface area contributed by atoms with Crippen molar-refractivity contribution in [2.24, 2.45) is 5.92 Å². The zero-order valence-corrected chi connectivity index (χ0v) is 13.1. The maximum Gasteiger partial charge on any atom is 0.407 e. The predicted octanol–water partition coefficient (Wildman–Crippen LogP) is 2.07. The highest BCUT2D eigenvalue weighted by Gasteiger charge is 2.21. The number of carbonyl (C=O) groups is 2. The largest absolute Gasteiger partial charge is 0.465 e. The molecule has 0 aliphatic carbocycles. The molecule has 3 N–H and O–H groups in total. The number of carbonyl (C=O) groups excluding carboxylic acids is 1. The van der Waals surface area contributed by atoms with Crippen LogP contribution in [-0.2, 0) is 11.4 Å². The lowest BCUT2D eigenvalue weighted by molar-refractivity contribution is -0.116. The Labute approximate surface area is 135 Å². The Morgan fingerprint density at radius 2 is 2.09 bits per heavy atom. The Balaban J connectivity index is 1.66. The van der Waals surface area contributed by atoms with Crippen molar-refractivity contribution in [3.8, 4) is 0 Å². The van der Waals surface area contributed by atoms with Gasteiger partial charge in [0, 0.05) is 25.7 Å². The van der Waals surface area contributed by atoms with Crippen molar-refractivity contribution < 1.29 is 19.8 Å². The van der Waals surface area contributed by atoms with Crippen LogP contribution in [0.2, 0.25) is 0 Å². The third-order valence-corrected chi connectivity index (χ3v) is 4.18. The molecule has 1 aliphatic rings. The highest BCUT2D eigenvalue weighted by atomic mass is 16.4. The first-order chi connectivity index (χ1) is 11.1. The molecule has 1 saturated heterocycles. The second kappa shape index (κ2) is 8.47. The van der Waals surface area contributed by atoms with Crippen LogP contribution in [-0.4, -0.2) is 45.2 Å².